The molecule has 0 radical (unpaired) electrons. The molecular weight excluding hydrogens is 415 g/mol. The Hall–Kier alpha value is -0.0800. The van der Waals surface area contributed by atoms with Gasteiger partial charge in [-0.25, -0.2) is 4.31 Å². The topological polar surface area (TPSA) is 92.4 Å². The maximum atomic E-state index is 13.5. The van der Waals surface area contributed by atoms with Gasteiger partial charge >= 0.3 is 16.3 Å². The smallest absolute Gasteiger partial charge is 0.403 e. The highest BCUT2D eigenvalue weighted by Gasteiger charge is 2.22. The maximum Gasteiger partial charge on any atom is 0.403 e. The second-order valence-electron chi connectivity index (χ2n) is 5.02. The third-order valence-corrected chi connectivity index (χ3v) is 6.28. The van der Waals surface area contributed by atoms with Crippen LogP contribution in [0.4, 0.5) is 4.20 Å². The number of nitrogens with two attached hydrogens (primary N) is 1. The summed E-state index contributed by atoms with van der Waals surface area (Å²) in [6.45, 7) is 5.11. The molecule has 3 unspecified atom stereocenters. The van der Waals surface area contributed by atoms with E-state index >= 15 is 0 Å². The molecule has 0 aromatic heterocycles. The Morgan fingerprint density at radius 3 is 2.59 bits per heavy atom. The van der Waals surface area contributed by atoms with Gasteiger partial charge in [0.25, 0.3) is 0 Å². The zero-order valence-corrected chi connectivity index (χ0v) is 18.2. The zero-order valence-electron chi connectivity index (χ0n) is 15.6. The van der Waals surface area contributed by atoms with Crippen LogP contribution in [0.15, 0.2) is 24.3 Å². The molecule has 7 nitrogen and oxygen atoms in total. The Labute approximate surface area is 166 Å². The fourth-order valence-electron chi connectivity index (χ4n) is 2.01. The van der Waals surface area contributed by atoms with E-state index in [1.54, 1.807) is 24.3 Å². The second kappa shape index (κ2) is 15.8. The molecule has 1 saturated heterocycles. The Morgan fingerprint density at radius 2 is 2.00 bits per heavy atom. The molecule has 1 aliphatic rings. The lowest BCUT2D eigenvalue weighted by molar-refractivity contribution is -0.165. The molecule has 1 heterocycles. The van der Waals surface area contributed by atoms with Crippen molar-refractivity contribution in [1.29, 1.82) is 0 Å². The van der Waals surface area contributed by atoms with Gasteiger partial charge in [-0.05, 0) is 37.0 Å². The number of halogens is 1. The van der Waals surface area contributed by atoms with Crippen LogP contribution in [0.25, 0.3) is 0 Å². The standard InChI is InChI=1S/C14H22FNO6P2S.C2H6/c15-23(25-16)22-24(21-13-6-4-12(11-17)5-7-13)20-10-9-19-14-3-1-2-8-18-14;1-2/h4-7,14,17H,1-3,8-11,16H2;1-2H3. The summed E-state index contributed by atoms with van der Waals surface area (Å²) in [6.07, 6.45) is 2.77. The van der Waals surface area contributed by atoms with Crippen molar-refractivity contribution in [2.24, 2.45) is 5.14 Å². The summed E-state index contributed by atoms with van der Waals surface area (Å²) in [5.74, 6) is 0.449. The number of benzene rings is 1. The van der Waals surface area contributed by atoms with Crippen LogP contribution in [0.3, 0.4) is 0 Å². The molecule has 1 aromatic rings. The lowest BCUT2D eigenvalue weighted by atomic mass is 10.2. The molecule has 1 aromatic carbocycles. The number of hydrogen-bond acceptors (Lipinski definition) is 8. The van der Waals surface area contributed by atoms with Crippen LogP contribution in [0.1, 0.15) is 38.7 Å². The second-order valence-corrected chi connectivity index (χ2v) is 8.69. The Balaban J connectivity index is 0.00000176. The van der Waals surface area contributed by atoms with E-state index in [2.05, 4.69) is 0 Å². The minimum Gasteiger partial charge on any atom is -0.427 e. The maximum absolute atomic E-state index is 13.5. The quantitative estimate of drug-likeness (QED) is 0.274. The molecule has 0 aliphatic carbocycles. The van der Waals surface area contributed by atoms with Gasteiger partial charge < -0.3 is 19.1 Å². The summed E-state index contributed by atoms with van der Waals surface area (Å²) in [5.41, 5.74) is 0.740. The first-order chi connectivity index (χ1) is 13.2. The molecule has 0 amide bonds. The van der Waals surface area contributed by atoms with E-state index in [-0.39, 0.29) is 19.5 Å². The van der Waals surface area contributed by atoms with Crippen LogP contribution in [-0.2, 0) is 24.9 Å². The molecule has 1 fully saturated rings. The average Bonchev–Trinajstić information content (AvgIpc) is 2.73. The Morgan fingerprint density at radius 1 is 1.26 bits per heavy atom. The van der Waals surface area contributed by atoms with Crippen molar-refractivity contribution in [3.63, 3.8) is 0 Å². The summed E-state index contributed by atoms with van der Waals surface area (Å²) >= 11 is 0.479. The summed E-state index contributed by atoms with van der Waals surface area (Å²) in [7, 11) is -4.34. The minimum absolute atomic E-state index is 0.0672. The van der Waals surface area contributed by atoms with Crippen molar-refractivity contribution >= 4 is 27.8 Å². The summed E-state index contributed by atoms with van der Waals surface area (Å²) < 4.78 is 40.5. The molecule has 0 spiro atoms. The molecule has 156 valence electrons. The van der Waals surface area contributed by atoms with E-state index in [0.29, 0.717) is 30.5 Å². The molecule has 3 atom stereocenters. The molecule has 0 bridgehead atoms. The lowest BCUT2D eigenvalue weighted by Gasteiger charge is -2.23. The zero-order chi connectivity index (χ0) is 19.9. The molecule has 11 heteroatoms. The predicted molar refractivity (Wildman–Crippen MR) is 108 cm³/mol. The average molecular weight is 443 g/mol. The van der Waals surface area contributed by atoms with E-state index in [1.165, 1.54) is 0 Å². The SMILES string of the molecule is CC.NSP(F)OP(OCCOC1CCCCO1)Oc1ccc(CO)cc1. The predicted octanol–water partition coefficient (Wildman–Crippen LogP) is 5.19. The van der Waals surface area contributed by atoms with Crippen LogP contribution in [-0.4, -0.2) is 31.2 Å². The van der Waals surface area contributed by atoms with E-state index < -0.39 is 16.3 Å². The fraction of sp³-hybridized carbons (Fsp3) is 0.625. The van der Waals surface area contributed by atoms with Gasteiger partial charge in [0.1, 0.15) is 5.75 Å². The van der Waals surface area contributed by atoms with Crippen molar-refractivity contribution in [3.8, 4) is 5.75 Å². The van der Waals surface area contributed by atoms with Crippen molar-refractivity contribution in [2.45, 2.75) is 46.0 Å². The first-order valence-electron chi connectivity index (χ1n) is 8.76. The number of ether oxygens (including phenoxy) is 2. The van der Waals surface area contributed by atoms with Crippen LogP contribution in [0, 0.1) is 0 Å². The van der Waals surface area contributed by atoms with Crippen LogP contribution in [0.2, 0.25) is 0 Å². The third-order valence-electron chi connectivity index (χ3n) is 3.22. The molecule has 27 heavy (non-hydrogen) atoms. The molecule has 3 N–H and O–H groups in total. The Kier molecular flexibility index (Phi) is 14.6. The van der Waals surface area contributed by atoms with Crippen LogP contribution in [0.5, 0.6) is 5.75 Å². The summed E-state index contributed by atoms with van der Waals surface area (Å²) in [4.78, 5) is 0. The van der Waals surface area contributed by atoms with Crippen molar-refractivity contribution in [3.05, 3.63) is 29.8 Å². The first kappa shape index (κ1) is 25.0. The van der Waals surface area contributed by atoms with Gasteiger partial charge in [-0.2, -0.15) is 4.20 Å². The highest BCUT2D eigenvalue weighted by atomic mass is 32.7. The van der Waals surface area contributed by atoms with Crippen LogP contribution >= 0.6 is 27.8 Å². The number of hydrogen-bond donors (Lipinski definition) is 2. The number of rotatable bonds is 11. The summed E-state index contributed by atoms with van der Waals surface area (Å²) in [5, 5.41) is 14.2. The van der Waals surface area contributed by atoms with E-state index in [1.807, 2.05) is 13.8 Å². The van der Waals surface area contributed by atoms with Crippen molar-refractivity contribution in [1.82, 2.24) is 0 Å². The normalized spacial score (nSPS) is 18.9. The van der Waals surface area contributed by atoms with E-state index in [9.17, 15) is 4.20 Å². The van der Waals surface area contributed by atoms with Gasteiger partial charge in [0.15, 0.2) is 6.29 Å². The lowest BCUT2D eigenvalue weighted by Crippen LogP contribution is -2.23. The van der Waals surface area contributed by atoms with Gasteiger partial charge in [0, 0.05) is 18.2 Å². The van der Waals surface area contributed by atoms with Gasteiger partial charge in [0.2, 0.25) is 0 Å². The highest BCUT2D eigenvalue weighted by molar-refractivity contribution is 8.52. The van der Waals surface area contributed by atoms with Gasteiger partial charge in [-0.1, -0.05) is 26.0 Å². The Bertz CT molecular complexity index is 484. The molecular formula is C16H28FNO6P2S. The number of aliphatic hydroxyl groups excluding tert-OH is 1. The van der Waals surface area contributed by atoms with Gasteiger partial charge in [-0.3, -0.25) is 9.66 Å². The van der Waals surface area contributed by atoms with E-state index in [4.69, 9.17) is 33.1 Å². The molecule has 1 aliphatic heterocycles. The van der Waals surface area contributed by atoms with Gasteiger partial charge in [0.05, 0.1) is 19.8 Å². The molecule has 2 rings (SSSR count). The van der Waals surface area contributed by atoms with Gasteiger partial charge in [-0.15, -0.1) is 0 Å². The van der Waals surface area contributed by atoms with Crippen molar-refractivity contribution < 1.29 is 32.1 Å². The van der Waals surface area contributed by atoms with E-state index in [0.717, 1.165) is 24.8 Å². The minimum atomic E-state index is -2.39. The monoisotopic (exact) mass is 443 g/mol. The fourth-order valence-corrected chi connectivity index (χ4v) is 4.32. The third kappa shape index (κ3) is 10.9. The number of aliphatic hydroxyl groups is 1. The highest BCUT2D eigenvalue weighted by Crippen LogP contribution is 2.60. The largest absolute Gasteiger partial charge is 0.427 e. The van der Waals surface area contributed by atoms with Crippen LogP contribution < -0.4 is 9.66 Å². The molecule has 0 saturated carbocycles. The first-order valence-corrected chi connectivity index (χ1v) is 12.5. The van der Waals surface area contributed by atoms with Crippen molar-refractivity contribution in [2.75, 3.05) is 19.8 Å². The summed E-state index contributed by atoms with van der Waals surface area (Å²) in [6, 6.07) is 6.69.